The van der Waals surface area contributed by atoms with Gasteiger partial charge in [0, 0.05) is 17.2 Å². The van der Waals surface area contributed by atoms with Crippen molar-refractivity contribution >= 4 is 28.8 Å². The van der Waals surface area contributed by atoms with Gasteiger partial charge in [0.1, 0.15) is 0 Å². The highest BCUT2D eigenvalue weighted by atomic mass is 19.4. The minimum atomic E-state index is -4.65. The van der Waals surface area contributed by atoms with Crippen molar-refractivity contribution in [3.8, 4) is 17.1 Å². The van der Waals surface area contributed by atoms with Gasteiger partial charge >= 0.3 is 17.8 Å². The molecule has 1 atom stereocenters. The molecule has 1 aromatic heterocycles. The van der Waals surface area contributed by atoms with Crippen LogP contribution in [0, 0.1) is 10.1 Å². The van der Waals surface area contributed by atoms with Gasteiger partial charge in [0.15, 0.2) is 11.9 Å². The summed E-state index contributed by atoms with van der Waals surface area (Å²) >= 11 is 0. The Morgan fingerprint density at radius 1 is 1.15 bits per heavy atom. The van der Waals surface area contributed by atoms with E-state index in [-0.39, 0.29) is 40.2 Å². The van der Waals surface area contributed by atoms with E-state index in [2.05, 4.69) is 10.1 Å². The molecule has 4 aromatic rings. The Kier molecular flexibility index (Phi) is 7.93. The third-order valence-corrected chi connectivity index (χ3v) is 5.65. The lowest BCUT2D eigenvalue weighted by Gasteiger charge is -2.15. The summed E-state index contributed by atoms with van der Waals surface area (Å²) in [7, 11) is 0. The summed E-state index contributed by atoms with van der Waals surface area (Å²) in [4.78, 5) is 40.9. The van der Waals surface area contributed by atoms with E-state index < -0.39 is 40.0 Å². The zero-order chi connectivity index (χ0) is 29.0. The number of para-hydroxylation sites is 2. The molecule has 0 fully saturated rings. The highest BCUT2D eigenvalue weighted by Crippen LogP contribution is 2.33. The maximum atomic E-state index is 13.4. The lowest BCUT2D eigenvalue weighted by atomic mass is 10.1. The summed E-state index contributed by atoms with van der Waals surface area (Å²) < 4.78 is 51.5. The fraction of sp³-hybridized carbons (Fsp3) is 0.185. The fourth-order valence-electron chi connectivity index (χ4n) is 3.77. The topological polar surface area (TPSA) is 126 Å². The second-order valence-corrected chi connectivity index (χ2v) is 8.36. The number of alkyl halides is 3. The molecule has 0 aliphatic carbocycles. The minimum Gasteiger partial charge on any atom is -0.471 e. The van der Waals surface area contributed by atoms with Crippen molar-refractivity contribution in [2.75, 3.05) is 6.61 Å². The largest absolute Gasteiger partial charge is 0.471 e. The number of rotatable bonds is 8. The van der Waals surface area contributed by atoms with Crippen molar-refractivity contribution < 1.29 is 32.4 Å². The van der Waals surface area contributed by atoms with Crippen molar-refractivity contribution in [3.63, 3.8) is 0 Å². The molecule has 0 amide bonds. The van der Waals surface area contributed by atoms with E-state index in [4.69, 9.17) is 9.47 Å². The number of nitrogens with zero attached hydrogens (tertiary/aromatic N) is 4. The number of nitro benzene ring substituents is 1. The third-order valence-electron chi connectivity index (χ3n) is 5.65. The van der Waals surface area contributed by atoms with Crippen LogP contribution in [0.5, 0.6) is 5.75 Å². The van der Waals surface area contributed by atoms with Gasteiger partial charge in [-0.15, -0.1) is 0 Å². The number of esters is 1. The molecule has 10 nitrogen and oxygen atoms in total. The van der Waals surface area contributed by atoms with Crippen LogP contribution in [0.25, 0.3) is 22.3 Å². The smallest absolute Gasteiger partial charge is 0.416 e. The lowest BCUT2D eigenvalue weighted by molar-refractivity contribution is -0.386. The maximum absolute atomic E-state index is 13.4. The highest BCUT2D eigenvalue weighted by Gasteiger charge is 2.31. The molecule has 0 saturated heterocycles. The molecule has 206 valence electrons. The number of nitro groups is 1. The van der Waals surface area contributed by atoms with Crippen LogP contribution in [0.15, 0.2) is 76.6 Å². The van der Waals surface area contributed by atoms with Gasteiger partial charge in [-0.25, -0.2) is 9.78 Å². The Morgan fingerprint density at radius 3 is 2.58 bits per heavy atom. The monoisotopic (exact) mass is 554 g/mol. The maximum Gasteiger partial charge on any atom is 0.416 e. The minimum absolute atomic E-state index is 0.0143. The second kappa shape index (κ2) is 11.4. The molecule has 0 aliphatic rings. The van der Waals surface area contributed by atoms with E-state index in [0.29, 0.717) is 0 Å². The van der Waals surface area contributed by atoms with Crippen LogP contribution >= 0.6 is 0 Å². The van der Waals surface area contributed by atoms with Crippen molar-refractivity contribution in [2.45, 2.75) is 26.1 Å². The molecule has 40 heavy (non-hydrogen) atoms. The number of carbonyl (C=O) groups is 1. The van der Waals surface area contributed by atoms with Crippen LogP contribution in [0.2, 0.25) is 0 Å². The number of fused-ring (bicyclic) bond motifs is 1. The predicted molar refractivity (Wildman–Crippen MR) is 139 cm³/mol. The fourth-order valence-corrected chi connectivity index (χ4v) is 3.77. The summed E-state index contributed by atoms with van der Waals surface area (Å²) in [5.41, 5.74) is -1.93. The summed E-state index contributed by atoms with van der Waals surface area (Å²) in [6.45, 7) is 3.00. The first-order valence-electron chi connectivity index (χ1n) is 11.9. The number of carbonyl (C=O) groups excluding carboxylic acids is 1. The SMILES string of the molecule is CCOC(=O)[C@H](C)Oc1c(C=Nn2c(-c3cccc(C(F)(F)F)c3)nc3ccccc3c2=O)cccc1[N+](=O)[O-]. The molecular weight excluding hydrogens is 533 g/mol. The van der Waals surface area contributed by atoms with E-state index in [0.717, 1.165) is 29.1 Å². The summed E-state index contributed by atoms with van der Waals surface area (Å²) in [6.07, 6.45) is -4.81. The van der Waals surface area contributed by atoms with Crippen LogP contribution in [0.3, 0.4) is 0 Å². The van der Waals surface area contributed by atoms with Gasteiger partial charge in [-0.2, -0.15) is 22.9 Å². The molecular formula is C27H21F3N4O6. The number of aromatic nitrogens is 2. The summed E-state index contributed by atoms with van der Waals surface area (Å²) in [5.74, 6) is -1.27. The molecule has 0 bridgehead atoms. The first kappa shape index (κ1) is 28.0. The quantitative estimate of drug-likeness (QED) is 0.127. The van der Waals surface area contributed by atoms with Crippen LogP contribution < -0.4 is 10.3 Å². The van der Waals surface area contributed by atoms with E-state index in [9.17, 15) is 32.9 Å². The van der Waals surface area contributed by atoms with Crippen molar-refractivity contribution in [1.82, 2.24) is 9.66 Å². The van der Waals surface area contributed by atoms with Crippen LogP contribution in [-0.4, -0.2) is 39.5 Å². The molecule has 13 heteroatoms. The van der Waals surface area contributed by atoms with Gasteiger partial charge in [-0.1, -0.05) is 30.3 Å². The van der Waals surface area contributed by atoms with Crippen molar-refractivity contribution in [2.24, 2.45) is 5.10 Å². The average molecular weight is 554 g/mol. The zero-order valence-electron chi connectivity index (χ0n) is 21.1. The van der Waals surface area contributed by atoms with Gasteiger partial charge in [0.2, 0.25) is 5.75 Å². The lowest BCUT2D eigenvalue weighted by Crippen LogP contribution is -2.27. The molecule has 0 spiro atoms. The van der Waals surface area contributed by atoms with Gasteiger partial charge in [0.25, 0.3) is 5.56 Å². The molecule has 0 N–H and O–H groups in total. The number of ether oxygens (including phenoxy) is 2. The van der Waals surface area contributed by atoms with Crippen molar-refractivity contribution in [3.05, 3.63) is 98.3 Å². The highest BCUT2D eigenvalue weighted by molar-refractivity contribution is 5.87. The summed E-state index contributed by atoms with van der Waals surface area (Å²) in [6, 6.07) is 14.4. The first-order chi connectivity index (χ1) is 19.0. The number of hydrogen-bond acceptors (Lipinski definition) is 8. The Labute approximate surface area is 224 Å². The van der Waals surface area contributed by atoms with E-state index in [1.165, 1.54) is 43.3 Å². The second-order valence-electron chi connectivity index (χ2n) is 8.36. The predicted octanol–water partition coefficient (Wildman–Crippen LogP) is 5.20. The molecule has 0 radical (unpaired) electrons. The molecule has 0 unspecified atom stereocenters. The molecule has 1 heterocycles. The average Bonchev–Trinajstić information content (AvgIpc) is 2.92. The normalized spacial score (nSPS) is 12.4. The molecule has 3 aromatic carbocycles. The van der Waals surface area contributed by atoms with Crippen molar-refractivity contribution in [1.29, 1.82) is 0 Å². The van der Waals surface area contributed by atoms with Gasteiger partial charge in [-0.05, 0) is 44.2 Å². The van der Waals surface area contributed by atoms with E-state index in [1.807, 2.05) is 0 Å². The van der Waals surface area contributed by atoms with E-state index in [1.54, 1.807) is 19.1 Å². The summed E-state index contributed by atoms with van der Waals surface area (Å²) in [5, 5.41) is 16.0. The van der Waals surface area contributed by atoms with Gasteiger partial charge in [0.05, 0.1) is 34.2 Å². The molecule has 4 rings (SSSR count). The van der Waals surface area contributed by atoms with Crippen LogP contribution in [0.4, 0.5) is 18.9 Å². The molecule has 0 aliphatic heterocycles. The number of halogens is 3. The number of hydrogen-bond donors (Lipinski definition) is 0. The van der Waals surface area contributed by atoms with Gasteiger partial charge in [-0.3, -0.25) is 14.9 Å². The van der Waals surface area contributed by atoms with Crippen LogP contribution in [-0.2, 0) is 15.7 Å². The first-order valence-corrected chi connectivity index (χ1v) is 11.9. The standard InChI is InChI=1S/C27H21F3N4O6/c1-3-39-26(36)16(2)40-23-18(9-7-13-22(23)34(37)38)15-31-33-24(17-8-6-10-19(14-17)27(28,29)30)32-21-12-5-4-11-20(21)25(33)35/h4-16H,3H2,1-2H3/t16-/m0/s1. The van der Waals surface area contributed by atoms with Gasteiger partial charge < -0.3 is 9.47 Å². The number of benzene rings is 3. The Hall–Kier alpha value is -5.07. The Balaban J connectivity index is 1.89. The van der Waals surface area contributed by atoms with Crippen LogP contribution in [0.1, 0.15) is 25.0 Å². The Bertz CT molecular complexity index is 1680. The third kappa shape index (κ3) is 5.82. The molecule has 0 saturated carbocycles. The Morgan fingerprint density at radius 2 is 1.88 bits per heavy atom. The van der Waals surface area contributed by atoms with E-state index >= 15 is 0 Å². The zero-order valence-corrected chi connectivity index (χ0v) is 21.1.